The van der Waals surface area contributed by atoms with Crippen LogP contribution in [0.4, 0.5) is 39.8 Å². The molecule has 0 aliphatic carbocycles. The van der Waals surface area contributed by atoms with Crippen molar-refractivity contribution in [3.63, 3.8) is 0 Å². The predicted octanol–water partition coefficient (Wildman–Crippen LogP) is 18.3. The minimum absolute atomic E-state index is 0.0476. The number of hydrogen-bond acceptors (Lipinski definition) is 3. The maximum absolute atomic E-state index is 10.3. The van der Waals surface area contributed by atoms with Crippen molar-refractivity contribution in [2.75, 3.05) is 9.80 Å². The van der Waals surface area contributed by atoms with Crippen LogP contribution >= 0.6 is 0 Å². The van der Waals surface area contributed by atoms with Gasteiger partial charge in [0.1, 0.15) is 0 Å². The average molecular weight is 879 g/mol. The lowest BCUT2D eigenvalue weighted by Crippen LogP contribution is -2.13. The van der Waals surface area contributed by atoms with Crippen LogP contribution < -0.4 is 9.80 Å². The summed E-state index contributed by atoms with van der Waals surface area (Å²) < 4.78 is 0. The van der Waals surface area contributed by atoms with E-state index in [0.717, 1.165) is 45.3 Å². The molecule has 330 valence electrons. The highest BCUT2D eigenvalue weighted by Gasteiger charge is 2.20. The van der Waals surface area contributed by atoms with Crippen molar-refractivity contribution in [3.05, 3.63) is 244 Å². The second-order valence-electron chi connectivity index (χ2n) is 19.3. The zero-order chi connectivity index (χ0) is 47.4. The molecule has 0 aromatic heterocycles. The lowest BCUT2D eigenvalue weighted by molar-refractivity contribution is 0.590. The summed E-state index contributed by atoms with van der Waals surface area (Å²) in [6.45, 7) is 21.5. The quantitative estimate of drug-likeness (QED) is 0.101. The molecule has 0 aliphatic heterocycles. The summed E-state index contributed by atoms with van der Waals surface area (Å²) in [6.07, 6.45) is 7.88. The molecule has 4 heteroatoms. The number of fused-ring (bicyclic) bond motifs is 2. The second kappa shape index (κ2) is 18.8. The van der Waals surface area contributed by atoms with Crippen molar-refractivity contribution in [2.24, 2.45) is 0 Å². The van der Waals surface area contributed by atoms with Crippen LogP contribution in [0.3, 0.4) is 0 Å². The number of benzene rings is 9. The van der Waals surface area contributed by atoms with Crippen molar-refractivity contribution >= 4 is 85.7 Å². The van der Waals surface area contributed by atoms with Crippen LogP contribution in [0.15, 0.2) is 194 Å². The molecule has 0 radical (unpaired) electrons. The van der Waals surface area contributed by atoms with Gasteiger partial charge in [0.15, 0.2) is 5.69 Å². The third-order valence-corrected chi connectivity index (χ3v) is 12.7. The Morgan fingerprint density at radius 1 is 0.441 bits per heavy atom. The normalized spacial score (nSPS) is 11.8. The molecule has 9 rings (SSSR count). The molecule has 0 saturated heterocycles. The molecular formula is C64H54N4. The summed E-state index contributed by atoms with van der Waals surface area (Å²) in [5.74, 6) is 0. The molecular weight excluding hydrogens is 825 g/mol. The summed E-state index contributed by atoms with van der Waals surface area (Å²) in [5.41, 5.74) is 13.5. The summed E-state index contributed by atoms with van der Waals surface area (Å²) >= 11 is 0. The van der Waals surface area contributed by atoms with E-state index in [1.807, 2.05) is 36.4 Å². The smallest absolute Gasteiger partial charge is 0.194 e. The number of nitrogens with zero attached hydrogens (tertiary/aromatic N) is 4. The fourth-order valence-corrected chi connectivity index (χ4v) is 8.81. The Morgan fingerprint density at radius 2 is 0.824 bits per heavy atom. The minimum atomic E-state index is 0.0476. The van der Waals surface area contributed by atoms with Crippen LogP contribution in [0.5, 0.6) is 0 Å². The van der Waals surface area contributed by atoms with E-state index >= 15 is 0 Å². The molecule has 0 heterocycles. The molecule has 0 amide bonds. The van der Waals surface area contributed by atoms with Crippen molar-refractivity contribution in [2.45, 2.75) is 52.4 Å². The standard InChI is InChI=1S/C64H54N4/c1-63(2,3)52-30-38-56(39-31-52)67(61-20-12-16-47-14-8-10-18-58(47)61)54-34-24-45(25-35-54)22-28-49-43-60(66-7)50(42-51(49)44-65)29-23-46-26-36-55(37-27-46)68(57-40-32-53(33-41-57)64(4,5)6)62-21-13-17-48-15-9-11-19-59(48)62/h8-43H,1-6H3. The first-order valence-corrected chi connectivity index (χ1v) is 23.2. The predicted molar refractivity (Wildman–Crippen MR) is 290 cm³/mol. The molecule has 68 heavy (non-hydrogen) atoms. The van der Waals surface area contributed by atoms with E-state index in [-0.39, 0.29) is 10.8 Å². The van der Waals surface area contributed by atoms with E-state index in [0.29, 0.717) is 22.4 Å². The monoisotopic (exact) mass is 878 g/mol. The van der Waals surface area contributed by atoms with Crippen molar-refractivity contribution in [1.82, 2.24) is 0 Å². The molecule has 4 nitrogen and oxygen atoms in total. The fourth-order valence-electron chi connectivity index (χ4n) is 8.81. The Bertz CT molecular complexity index is 3160. The number of rotatable bonds is 10. The van der Waals surface area contributed by atoms with Crippen molar-refractivity contribution < 1.29 is 0 Å². The van der Waals surface area contributed by atoms with Crippen molar-refractivity contribution in [3.8, 4) is 6.07 Å². The van der Waals surface area contributed by atoms with Gasteiger partial charge in [-0.25, -0.2) is 4.85 Å². The second-order valence-corrected chi connectivity index (χ2v) is 19.3. The molecule has 0 atom stereocenters. The van der Waals surface area contributed by atoms with Gasteiger partial charge in [-0.2, -0.15) is 5.26 Å². The van der Waals surface area contributed by atoms with E-state index in [1.165, 1.54) is 32.7 Å². The van der Waals surface area contributed by atoms with Gasteiger partial charge in [-0.1, -0.05) is 187 Å². The first-order valence-electron chi connectivity index (χ1n) is 23.2. The largest absolute Gasteiger partial charge is 0.310 e. The van der Waals surface area contributed by atoms with Gasteiger partial charge in [0.25, 0.3) is 0 Å². The van der Waals surface area contributed by atoms with Gasteiger partial charge >= 0.3 is 0 Å². The molecule has 0 spiro atoms. The third-order valence-electron chi connectivity index (χ3n) is 12.7. The van der Waals surface area contributed by atoms with Gasteiger partial charge in [-0.15, -0.1) is 0 Å². The Morgan fingerprint density at radius 3 is 1.22 bits per heavy atom. The van der Waals surface area contributed by atoms with Crippen LogP contribution in [-0.2, 0) is 10.8 Å². The molecule has 0 unspecified atom stereocenters. The van der Waals surface area contributed by atoms with E-state index < -0.39 is 0 Å². The van der Waals surface area contributed by atoms with Gasteiger partial charge in [0.2, 0.25) is 0 Å². The van der Waals surface area contributed by atoms with Gasteiger partial charge in [0, 0.05) is 33.5 Å². The van der Waals surface area contributed by atoms with E-state index in [9.17, 15) is 5.26 Å². The molecule has 0 saturated carbocycles. The average Bonchev–Trinajstić information content (AvgIpc) is 3.36. The van der Waals surface area contributed by atoms with Crippen LogP contribution in [0.1, 0.15) is 80.5 Å². The first kappa shape index (κ1) is 44.7. The Kier molecular flexibility index (Phi) is 12.4. The van der Waals surface area contributed by atoms with Crippen molar-refractivity contribution in [1.29, 1.82) is 5.26 Å². The zero-order valence-electron chi connectivity index (χ0n) is 39.6. The highest BCUT2D eigenvalue weighted by molar-refractivity contribution is 6.00. The lowest BCUT2D eigenvalue weighted by Gasteiger charge is -2.28. The molecule has 9 aromatic carbocycles. The van der Waals surface area contributed by atoms with E-state index in [2.05, 4.69) is 244 Å². The molecule has 9 aromatic rings. The number of nitriles is 1. The summed E-state index contributed by atoms with van der Waals surface area (Å²) in [4.78, 5) is 8.52. The molecule has 0 N–H and O–H groups in total. The number of hydrogen-bond donors (Lipinski definition) is 0. The maximum Gasteiger partial charge on any atom is 0.194 e. The molecule has 0 fully saturated rings. The topological polar surface area (TPSA) is 34.6 Å². The van der Waals surface area contributed by atoms with E-state index in [4.69, 9.17) is 6.57 Å². The fraction of sp³-hybridized carbons (Fsp3) is 0.125. The first-order chi connectivity index (χ1) is 32.9. The van der Waals surface area contributed by atoms with Crippen LogP contribution in [0.2, 0.25) is 0 Å². The minimum Gasteiger partial charge on any atom is -0.310 e. The van der Waals surface area contributed by atoms with Gasteiger partial charge in [-0.05, 0) is 128 Å². The van der Waals surface area contributed by atoms with Gasteiger partial charge in [0.05, 0.1) is 29.6 Å². The third kappa shape index (κ3) is 9.45. The number of anilines is 6. The molecule has 0 aliphatic rings. The summed E-state index contributed by atoms with van der Waals surface area (Å²) in [6, 6.07) is 70.6. The van der Waals surface area contributed by atoms with Crippen LogP contribution in [0.25, 0.3) is 50.7 Å². The van der Waals surface area contributed by atoms with Crippen LogP contribution in [-0.4, -0.2) is 0 Å². The summed E-state index contributed by atoms with van der Waals surface area (Å²) in [7, 11) is 0. The highest BCUT2D eigenvalue weighted by Crippen LogP contribution is 2.42. The Hall–Kier alpha value is -8.44. The maximum atomic E-state index is 10.3. The highest BCUT2D eigenvalue weighted by atomic mass is 15.1. The Labute approximate surface area is 401 Å². The Balaban J connectivity index is 0.975. The lowest BCUT2D eigenvalue weighted by atomic mass is 9.87. The molecule has 0 bridgehead atoms. The zero-order valence-corrected chi connectivity index (χ0v) is 39.6. The van der Waals surface area contributed by atoms with E-state index in [1.54, 1.807) is 0 Å². The van der Waals surface area contributed by atoms with Gasteiger partial charge in [-0.3, -0.25) is 0 Å². The van der Waals surface area contributed by atoms with Crippen LogP contribution in [0, 0.1) is 17.9 Å². The van der Waals surface area contributed by atoms with Gasteiger partial charge < -0.3 is 9.80 Å². The summed E-state index contributed by atoms with van der Waals surface area (Å²) in [5, 5.41) is 15.0. The SMILES string of the molecule is [C-]#[N+]c1cc(C=Cc2ccc(N(c3ccc(C(C)(C)C)cc3)c3cccc4ccccc34)cc2)c(C#N)cc1C=Cc1ccc(N(c2ccc(C(C)(C)C)cc2)c2cccc3ccccc23)cc1.